The van der Waals surface area contributed by atoms with E-state index < -0.39 is 18.5 Å². The molecule has 2 heterocycles. The van der Waals surface area contributed by atoms with Crippen LogP contribution in [0.25, 0.3) is 0 Å². The van der Waals surface area contributed by atoms with Crippen LogP contribution >= 0.6 is 11.6 Å². The summed E-state index contributed by atoms with van der Waals surface area (Å²) in [4.78, 5) is 15.8. The lowest BCUT2D eigenvalue weighted by Crippen LogP contribution is -2.47. The minimum atomic E-state index is -4.14. The fourth-order valence-electron chi connectivity index (χ4n) is 4.52. The number of nitrogens with one attached hydrogen (secondary N) is 1. The number of nitrogens with two attached hydrogens (primary N) is 1. The number of benzene rings is 2. The van der Waals surface area contributed by atoms with Crippen LogP contribution in [0, 0.1) is 0 Å². The van der Waals surface area contributed by atoms with Crippen LogP contribution < -0.4 is 16.0 Å². The summed E-state index contributed by atoms with van der Waals surface area (Å²) in [6.07, 6.45) is -4.08. The molecule has 1 amide bonds. The Morgan fingerprint density at radius 2 is 1.84 bits per heavy atom. The van der Waals surface area contributed by atoms with Crippen molar-refractivity contribution in [2.75, 3.05) is 44.2 Å². The van der Waals surface area contributed by atoms with Crippen LogP contribution in [-0.2, 0) is 6.42 Å². The van der Waals surface area contributed by atoms with Gasteiger partial charge >= 0.3 is 6.18 Å². The molecular weight excluding hydrogens is 441 g/mol. The fraction of sp³-hybridized carbons (Fsp3) is 0.435. The minimum Gasteiger partial charge on any atom is -0.369 e. The third-order valence-electron chi connectivity index (χ3n) is 6.21. The maximum absolute atomic E-state index is 12.6. The smallest absolute Gasteiger partial charge is 0.369 e. The number of carbonyl (C=O) groups is 1. The first-order valence-corrected chi connectivity index (χ1v) is 11.1. The fourth-order valence-corrected chi connectivity index (χ4v) is 4.68. The number of halogens is 4. The summed E-state index contributed by atoms with van der Waals surface area (Å²) in [6.45, 7) is 3.16. The van der Waals surface area contributed by atoms with Gasteiger partial charge in [-0.1, -0.05) is 23.7 Å². The van der Waals surface area contributed by atoms with E-state index in [1.807, 2.05) is 35.2 Å². The topological polar surface area (TPSA) is 61.6 Å². The number of anilines is 1. The van der Waals surface area contributed by atoms with Gasteiger partial charge in [0.1, 0.15) is 0 Å². The first-order valence-electron chi connectivity index (χ1n) is 10.7. The molecule has 5 nitrogen and oxygen atoms in total. The normalized spacial score (nSPS) is 19.6. The summed E-state index contributed by atoms with van der Waals surface area (Å²) < 4.78 is 37.7. The molecule has 0 radical (unpaired) electrons. The molecule has 1 saturated heterocycles. The van der Waals surface area contributed by atoms with Crippen LogP contribution in [0.2, 0.25) is 5.02 Å². The number of fused-ring (bicyclic) bond motifs is 1. The predicted octanol–water partition coefficient (Wildman–Crippen LogP) is 3.75. The van der Waals surface area contributed by atoms with Crippen molar-refractivity contribution in [2.24, 2.45) is 5.73 Å². The van der Waals surface area contributed by atoms with Gasteiger partial charge in [-0.15, -0.1) is 0 Å². The SMILES string of the molecule is NC(=O)c1ccc2c(c1)C(c1ccc(Cl)cc1N1CCN(CCC(F)(F)F)CC1)NCC2. The molecule has 172 valence electrons. The summed E-state index contributed by atoms with van der Waals surface area (Å²) in [7, 11) is 0. The van der Waals surface area contributed by atoms with E-state index in [0.29, 0.717) is 36.8 Å². The van der Waals surface area contributed by atoms with Crippen molar-refractivity contribution in [2.45, 2.75) is 25.1 Å². The summed E-state index contributed by atoms with van der Waals surface area (Å²) >= 11 is 6.33. The summed E-state index contributed by atoms with van der Waals surface area (Å²) in [5.74, 6) is -0.469. The lowest BCUT2D eigenvalue weighted by molar-refractivity contribution is -0.138. The van der Waals surface area contributed by atoms with E-state index in [4.69, 9.17) is 17.3 Å². The van der Waals surface area contributed by atoms with Gasteiger partial charge in [-0.2, -0.15) is 13.2 Å². The third kappa shape index (κ3) is 5.19. The zero-order valence-electron chi connectivity index (χ0n) is 17.6. The Kier molecular flexibility index (Phi) is 6.65. The molecule has 0 spiro atoms. The van der Waals surface area contributed by atoms with Gasteiger partial charge in [0, 0.05) is 55.5 Å². The number of nitrogens with zero attached hydrogens (tertiary/aromatic N) is 2. The Morgan fingerprint density at radius 3 is 2.53 bits per heavy atom. The second-order valence-corrected chi connectivity index (χ2v) is 8.75. The highest BCUT2D eigenvalue weighted by Crippen LogP contribution is 2.37. The van der Waals surface area contributed by atoms with Gasteiger partial charge in [-0.05, 0) is 47.4 Å². The van der Waals surface area contributed by atoms with Gasteiger partial charge < -0.3 is 16.0 Å². The lowest BCUT2D eigenvalue weighted by Gasteiger charge is -2.39. The molecule has 3 N–H and O–H groups in total. The number of primary amides is 1. The summed E-state index contributed by atoms with van der Waals surface area (Å²) in [5.41, 5.74) is 10.1. The maximum atomic E-state index is 12.6. The zero-order valence-corrected chi connectivity index (χ0v) is 18.3. The van der Waals surface area contributed by atoms with Crippen molar-refractivity contribution in [3.05, 3.63) is 63.7 Å². The Labute approximate surface area is 190 Å². The van der Waals surface area contributed by atoms with Crippen LogP contribution in [0.15, 0.2) is 36.4 Å². The molecule has 2 aromatic rings. The van der Waals surface area contributed by atoms with Crippen LogP contribution in [0.3, 0.4) is 0 Å². The Hall–Kier alpha value is -2.29. The Balaban J connectivity index is 1.58. The summed E-state index contributed by atoms with van der Waals surface area (Å²) in [6, 6.07) is 11.2. The second kappa shape index (κ2) is 9.29. The minimum absolute atomic E-state index is 0.0210. The highest BCUT2D eigenvalue weighted by molar-refractivity contribution is 6.30. The van der Waals surface area contributed by atoms with Crippen molar-refractivity contribution >= 4 is 23.2 Å². The molecule has 1 unspecified atom stereocenters. The maximum Gasteiger partial charge on any atom is 0.390 e. The molecule has 2 aliphatic heterocycles. The number of carbonyl (C=O) groups excluding carboxylic acids is 1. The molecular formula is C23H26ClF3N4O. The zero-order chi connectivity index (χ0) is 22.9. The van der Waals surface area contributed by atoms with Gasteiger partial charge in [0.05, 0.1) is 12.5 Å². The van der Waals surface area contributed by atoms with Crippen molar-refractivity contribution in [1.82, 2.24) is 10.2 Å². The Bertz CT molecular complexity index is 990. The first-order chi connectivity index (χ1) is 15.2. The van der Waals surface area contributed by atoms with Crippen molar-refractivity contribution in [3.63, 3.8) is 0 Å². The van der Waals surface area contributed by atoms with Gasteiger partial charge in [-0.25, -0.2) is 0 Å². The quantitative estimate of drug-likeness (QED) is 0.704. The number of rotatable bonds is 5. The lowest BCUT2D eigenvalue weighted by atomic mass is 9.87. The highest BCUT2D eigenvalue weighted by Gasteiger charge is 2.30. The average molecular weight is 467 g/mol. The van der Waals surface area contributed by atoms with Gasteiger partial charge in [0.25, 0.3) is 0 Å². The van der Waals surface area contributed by atoms with Gasteiger partial charge in [-0.3, -0.25) is 9.69 Å². The van der Waals surface area contributed by atoms with E-state index in [-0.39, 0.29) is 12.6 Å². The highest BCUT2D eigenvalue weighted by atomic mass is 35.5. The molecule has 32 heavy (non-hydrogen) atoms. The molecule has 2 aliphatic rings. The monoisotopic (exact) mass is 466 g/mol. The number of piperazine rings is 1. The summed E-state index contributed by atoms with van der Waals surface area (Å²) in [5, 5.41) is 4.15. The van der Waals surface area contributed by atoms with E-state index in [0.717, 1.165) is 35.3 Å². The average Bonchev–Trinajstić information content (AvgIpc) is 2.77. The van der Waals surface area contributed by atoms with E-state index >= 15 is 0 Å². The largest absolute Gasteiger partial charge is 0.390 e. The van der Waals surface area contributed by atoms with E-state index in [1.165, 1.54) is 0 Å². The predicted molar refractivity (Wildman–Crippen MR) is 119 cm³/mol. The molecule has 0 saturated carbocycles. The molecule has 0 aromatic heterocycles. The Morgan fingerprint density at radius 1 is 1.09 bits per heavy atom. The van der Waals surface area contributed by atoms with Crippen molar-refractivity contribution < 1.29 is 18.0 Å². The molecule has 1 atom stereocenters. The van der Waals surface area contributed by atoms with Gasteiger partial charge in [0.15, 0.2) is 0 Å². The van der Waals surface area contributed by atoms with Gasteiger partial charge in [0.2, 0.25) is 5.91 Å². The molecule has 9 heteroatoms. The molecule has 0 aliphatic carbocycles. The molecule has 1 fully saturated rings. The third-order valence-corrected chi connectivity index (χ3v) is 6.45. The van der Waals surface area contributed by atoms with Crippen LogP contribution in [0.4, 0.5) is 18.9 Å². The number of amides is 1. The number of hydrogen-bond donors (Lipinski definition) is 2. The first kappa shape index (κ1) is 22.9. The van der Waals surface area contributed by atoms with Crippen LogP contribution in [0.1, 0.15) is 39.5 Å². The van der Waals surface area contributed by atoms with E-state index in [9.17, 15) is 18.0 Å². The van der Waals surface area contributed by atoms with Crippen LogP contribution in [-0.4, -0.2) is 56.3 Å². The van der Waals surface area contributed by atoms with Crippen molar-refractivity contribution in [1.29, 1.82) is 0 Å². The number of hydrogen-bond acceptors (Lipinski definition) is 4. The molecule has 0 bridgehead atoms. The van der Waals surface area contributed by atoms with Crippen LogP contribution in [0.5, 0.6) is 0 Å². The standard InChI is InChI=1S/C23H26ClF3N4O/c24-17-3-4-18(21-19-13-16(22(28)32)2-1-15(19)5-7-29-21)20(14-17)31-11-9-30(10-12-31)8-6-23(25,26)27/h1-4,13-14,21,29H,5-12H2,(H2,28,32). The molecule has 4 rings (SSSR count). The molecule has 2 aromatic carbocycles. The van der Waals surface area contributed by atoms with E-state index in [1.54, 1.807) is 6.07 Å². The van der Waals surface area contributed by atoms with Crippen molar-refractivity contribution in [3.8, 4) is 0 Å². The second-order valence-electron chi connectivity index (χ2n) is 8.31. The van der Waals surface area contributed by atoms with E-state index in [2.05, 4.69) is 10.2 Å². The number of alkyl halides is 3.